The van der Waals surface area contributed by atoms with E-state index < -0.39 is 11.6 Å². The Labute approximate surface area is 117 Å². The van der Waals surface area contributed by atoms with E-state index in [0.717, 1.165) is 38.3 Å². The Morgan fingerprint density at radius 2 is 1.95 bits per heavy atom. The van der Waals surface area contributed by atoms with E-state index in [1.165, 1.54) is 6.07 Å². The number of carbonyl (C=O) groups excluding carboxylic acids is 1. The molecule has 2 aliphatic heterocycles. The SMILES string of the molecule is O=C(CCc1cc(F)ccc1F)N1C[C@H]2CNC[C@H]2C1. The summed E-state index contributed by atoms with van der Waals surface area (Å²) in [7, 11) is 0. The van der Waals surface area contributed by atoms with Crippen molar-refractivity contribution in [2.45, 2.75) is 12.8 Å². The molecule has 0 unspecified atom stereocenters. The molecule has 3 nitrogen and oxygen atoms in total. The highest BCUT2D eigenvalue weighted by atomic mass is 19.1. The lowest BCUT2D eigenvalue weighted by molar-refractivity contribution is -0.130. The molecule has 20 heavy (non-hydrogen) atoms. The molecule has 3 rings (SSSR count). The molecule has 2 aliphatic rings. The first kappa shape index (κ1) is 13.5. The van der Waals surface area contributed by atoms with Crippen LogP contribution in [0.15, 0.2) is 18.2 Å². The average molecular weight is 280 g/mol. The second-order valence-electron chi connectivity index (χ2n) is 5.71. The highest BCUT2D eigenvalue weighted by molar-refractivity contribution is 5.76. The van der Waals surface area contributed by atoms with Gasteiger partial charge in [-0.1, -0.05) is 0 Å². The molecule has 1 N–H and O–H groups in total. The third kappa shape index (κ3) is 2.68. The summed E-state index contributed by atoms with van der Waals surface area (Å²) in [4.78, 5) is 14.0. The molecular formula is C15H18F2N2O. The van der Waals surface area contributed by atoms with Gasteiger partial charge in [-0.15, -0.1) is 0 Å². The molecule has 0 saturated carbocycles. The van der Waals surface area contributed by atoms with E-state index in [1.54, 1.807) is 0 Å². The van der Waals surface area contributed by atoms with Crippen LogP contribution in [0.4, 0.5) is 8.78 Å². The van der Waals surface area contributed by atoms with Crippen molar-refractivity contribution in [2.75, 3.05) is 26.2 Å². The van der Waals surface area contributed by atoms with Crippen molar-refractivity contribution in [2.24, 2.45) is 11.8 Å². The number of amides is 1. The van der Waals surface area contributed by atoms with E-state index in [1.807, 2.05) is 4.90 Å². The van der Waals surface area contributed by atoms with Gasteiger partial charge in [0.15, 0.2) is 0 Å². The van der Waals surface area contributed by atoms with E-state index in [2.05, 4.69) is 5.32 Å². The van der Waals surface area contributed by atoms with Crippen molar-refractivity contribution < 1.29 is 13.6 Å². The molecule has 1 aromatic carbocycles. The molecule has 0 spiro atoms. The lowest BCUT2D eigenvalue weighted by Gasteiger charge is -2.17. The number of nitrogens with zero attached hydrogens (tertiary/aromatic N) is 1. The predicted molar refractivity (Wildman–Crippen MR) is 71.1 cm³/mol. The number of benzene rings is 1. The van der Waals surface area contributed by atoms with Crippen molar-refractivity contribution in [1.29, 1.82) is 0 Å². The number of rotatable bonds is 3. The molecule has 2 atom stereocenters. The van der Waals surface area contributed by atoms with Crippen molar-refractivity contribution in [1.82, 2.24) is 10.2 Å². The summed E-state index contributed by atoms with van der Waals surface area (Å²) < 4.78 is 26.5. The number of hydrogen-bond acceptors (Lipinski definition) is 2. The molecule has 0 aromatic heterocycles. The van der Waals surface area contributed by atoms with Crippen molar-refractivity contribution in [3.8, 4) is 0 Å². The zero-order chi connectivity index (χ0) is 14.1. The zero-order valence-electron chi connectivity index (χ0n) is 11.2. The Morgan fingerprint density at radius 1 is 1.25 bits per heavy atom. The van der Waals surface area contributed by atoms with Crippen LogP contribution in [0.25, 0.3) is 0 Å². The first-order chi connectivity index (χ1) is 9.63. The summed E-state index contributed by atoms with van der Waals surface area (Å²) in [6.45, 7) is 3.55. The van der Waals surface area contributed by atoms with Gasteiger partial charge in [-0.05, 0) is 42.0 Å². The van der Waals surface area contributed by atoms with Gasteiger partial charge in [-0.2, -0.15) is 0 Å². The van der Waals surface area contributed by atoms with Crippen molar-refractivity contribution >= 4 is 5.91 Å². The smallest absolute Gasteiger partial charge is 0.222 e. The fourth-order valence-electron chi connectivity index (χ4n) is 3.19. The monoisotopic (exact) mass is 280 g/mol. The minimum atomic E-state index is -0.462. The molecule has 2 saturated heterocycles. The lowest BCUT2D eigenvalue weighted by Crippen LogP contribution is -2.32. The van der Waals surface area contributed by atoms with Gasteiger partial charge in [-0.3, -0.25) is 4.79 Å². The number of nitrogens with one attached hydrogen (secondary N) is 1. The summed E-state index contributed by atoms with van der Waals surface area (Å²) in [6, 6.07) is 3.38. The predicted octanol–water partition coefficient (Wildman–Crippen LogP) is 1.58. The second kappa shape index (κ2) is 5.48. The molecule has 0 aliphatic carbocycles. The highest BCUT2D eigenvalue weighted by Crippen LogP contribution is 2.26. The molecule has 1 aromatic rings. The van der Waals surface area contributed by atoms with Crippen LogP contribution in [0.2, 0.25) is 0 Å². The molecule has 2 heterocycles. The van der Waals surface area contributed by atoms with Crippen LogP contribution >= 0.6 is 0 Å². The van der Waals surface area contributed by atoms with Crippen LogP contribution in [0, 0.1) is 23.5 Å². The Hall–Kier alpha value is -1.49. The van der Waals surface area contributed by atoms with E-state index in [4.69, 9.17) is 0 Å². The fourth-order valence-corrected chi connectivity index (χ4v) is 3.19. The standard InChI is InChI=1S/C15H18F2N2O/c16-13-2-3-14(17)10(5-13)1-4-15(20)19-8-11-6-18-7-12(11)9-19/h2-3,5,11-12,18H,1,4,6-9H2/t11-,12+. The molecule has 0 bridgehead atoms. The van der Waals surface area contributed by atoms with E-state index in [9.17, 15) is 13.6 Å². The van der Waals surface area contributed by atoms with Crippen molar-refractivity contribution in [3.05, 3.63) is 35.4 Å². The number of halogens is 2. The highest BCUT2D eigenvalue weighted by Gasteiger charge is 2.37. The van der Waals surface area contributed by atoms with Crippen LogP contribution in [0.1, 0.15) is 12.0 Å². The molecule has 1 amide bonds. The largest absolute Gasteiger partial charge is 0.342 e. The van der Waals surface area contributed by atoms with Crippen LogP contribution in [0.3, 0.4) is 0 Å². The number of likely N-dealkylation sites (tertiary alicyclic amines) is 1. The number of carbonyl (C=O) groups is 1. The zero-order valence-corrected chi connectivity index (χ0v) is 11.2. The first-order valence-electron chi connectivity index (χ1n) is 7.06. The second-order valence-corrected chi connectivity index (χ2v) is 5.71. The fraction of sp³-hybridized carbons (Fsp3) is 0.533. The summed E-state index contributed by atoms with van der Waals surface area (Å²) in [5.74, 6) is 0.259. The maximum absolute atomic E-state index is 13.5. The lowest BCUT2D eigenvalue weighted by atomic mass is 10.0. The number of hydrogen-bond donors (Lipinski definition) is 1. The minimum Gasteiger partial charge on any atom is -0.342 e. The molecule has 108 valence electrons. The average Bonchev–Trinajstić information content (AvgIpc) is 3.00. The van der Waals surface area contributed by atoms with Crippen LogP contribution in [-0.4, -0.2) is 37.0 Å². The van der Waals surface area contributed by atoms with Gasteiger partial charge in [-0.25, -0.2) is 8.78 Å². The minimum absolute atomic E-state index is 0.0445. The van der Waals surface area contributed by atoms with Gasteiger partial charge < -0.3 is 10.2 Å². The Morgan fingerprint density at radius 3 is 2.65 bits per heavy atom. The quantitative estimate of drug-likeness (QED) is 0.911. The van der Waals surface area contributed by atoms with Gasteiger partial charge in [0, 0.05) is 32.6 Å². The Balaban J connectivity index is 1.56. The molecule has 2 fully saturated rings. The first-order valence-corrected chi connectivity index (χ1v) is 7.06. The molecular weight excluding hydrogens is 262 g/mol. The summed E-state index contributed by atoms with van der Waals surface area (Å²) >= 11 is 0. The number of aryl methyl sites for hydroxylation is 1. The topological polar surface area (TPSA) is 32.3 Å². The number of fused-ring (bicyclic) bond motifs is 1. The van der Waals surface area contributed by atoms with Gasteiger partial charge in [0.2, 0.25) is 5.91 Å². The van der Waals surface area contributed by atoms with Crippen LogP contribution in [-0.2, 0) is 11.2 Å². The third-order valence-electron chi connectivity index (χ3n) is 4.36. The summed E-state index contributed by atoms with van der Waals surface area (Å²) in [5.41, 5.74) is 0.277. The maximum atomic E-state index is 13.5. The summed E-state index contributed by atoms with van der Waals surface area (Å²) in [5, 5.41) is 3.33. The van der Waals surface area contributed by atoms with Crippen molar-refractivity contribution in [3.63, 3.8) is 0 Å². The van der Waals surface area contributed by atoms with Crippen LogP contribution < -0.4 is 5.32 Å². The van der Waals surface area contributed by atoms with Crippen LogP contribution in [0.5, 0.6) is 0 Å². The van der Waals surface area contributed by atoms with E-state index in [0.29, 0.717) is 11.8 Å². The third-order valence-corrected chi connectivity index (χ3v) is 4.36. The normalized spacial score (nSPS) is 25.0. The summed E-state index contributed by atoms with van der Waals surface area (Å²) in [6.07, 6.45) is 0.500. The van der Waals surface area contributed by atoms with Gasteiger partial charge in [0.05, 0.1) is 0 Å². The van der Waals surface area contributed by atoms with E-state index >= 15 is 0 Å². The maximum Gasteiger partial charge on any atom is 0.222 e. The van der Waals surface area contributed by atoms with Gasteiger partial charge in [0.25, 0.3) is 0 Å². The molecule has 5 heteroatoms. The van der Waals surface area contributed by atoms with Gasteiger partial charge in [0.1, 0.15) is 11.6 Å². The van der Waals surface area contributed by atoms with Gasteiger partial charge >= 0.3 is 0 Å². The molecule has 0 radical (unpaired) electrons. The van der Waals surface area contributed by atoms with E-state index in [-0.39, 0.29) is 24.3 Å². The Kier molecular flexibility index (Phi) is 3.70. The Bertz CT molecular complexity index is 509.